The Morgan fingerprint density at radius 3 is 2.69 bits per heavy atom. The van der Waals surface area contributed by atoms with Crippen LogP contribution in [0.3, 0.4) is 0 Å². The summed E-state index contributed by atoms with van der Waals surface area (Å²) in [6.45, 7) is 3.94. The first-order chi connectivity index (χ1) is 13.7. The molecule has 1 aromatic carbocycles. The summed E-state index contributed by atoms with van der Waals surface area (Å²) in [6.07, 6.45) is 2.40. The van der Waals surface area contributed by atoms with Gasteiger partial charge in [0.1, 0.15) is 11.4 Å². The minimum atomic E-state index is -0.362. The SMILES string of the molecule is CC[C@@H]([NH+]=C(NS)C(N)=Nc1ccc(Br)c(C(=O)N(C)C)c1O)c1cc(C)co1. The van der Waals surface area contributed by atoms with Gasteiger partial charge in [0, 0.05) is 31.4 Å². The van der Waals surface area contributed by atoms with Crippen LogP contribution in [-0.4, -0.2) is 41.7 Å². The predicted octanol–water partition coefficient (Wildman–Crippen LogP) is 1.81. The minimum absolute atomic E-state index is 0.0580. The van der Waals surface area contributed by atoms with Crippen molar-refractivity contribution < 1.29 is 19.3 Å². The second kappa shape index (κ2) is 9.84. The number of nitrogens with two attached hydrogens (primary N) is 1. The third kappa shape index (κ3) is 5.33. The zero-order valence-corrected chi connectivity index (χ0v) is 19.1. The van der Waals surface area contributed by atoms with E-state index in [9.17, 15) is 9.90 Å². The molecule has 1 aromatic heterocycles. The van der Waals surface area contributed by atoms with Crippen LogP contribution in [0.15, 0.2) is 38.3 Å². The molecule has 1 amide bonds. The summed E-state index contributed by atoms with van der Waals surface area (Å²) in [5, 5.41) is 10.6. The number of aromatic hydroxyl groups is 1. The first-order valence-electron chi connectivity index (χ1n) is 8.85. The van der Waals surface area contributed by atoms with Gasteiger partial charge in [-0.05, 0) is 53.0 Å². The number of amidine groups is 2. The smallest absolute Gasteiger partial charge is 0.322 e. The predicted molar refractivity (Wildman–Crippen MR) is 120 cm³/mol. The average molecular weight is 483 g/mol. The highest BCUT2D eigenvalue weighted by Gasteiger charge is 2.22. The van der Waals surface area contributed by atoms with Gasteiger partial charge < -0.3 is 20.2 Å². The number of phenolic OH excluding ortho intramolecular Hbond substituents is 1. The summed E-state index contributed by atoms with van der Waals surface area (Å²) in [5.41, 5.74) is 7.40. The first kappa shape index (κ1) is 22.8. The molecule has 0 fully saturated rings. The van der Waals surface area contributed by atoms with Crippen LogP contribution in [0.1, 0.15) is 41.1 Å². The molecule has 0 saturated carbocycles. The number of nitrogens with zero attached hydrogens (tertiary/aromatic N) is 2. The molecule has 0 aliphatic heterocycles. The topological polar surface area (TPSA) is 118 Å². The molecule has 1 heterocycles. The Bertz CT molecular complexity index is 955. The molecule has 0 aliphatic carbocycles. The number of halogens is 1. The molecule has 156 valence electrons. The van der Waals surface area contributed by atoms with E-state index in [0.29, 0.717) is 10.3 Å². The Kier molecular flexibility index (Phi) is 7.74. The summed E-state index contributed by atoms with van der Waals surface area (Å²) in [5.74, 6) is 0.524. The number of aryl methyl sites for hydroxylation is 1. The van der Waals surface area contributed by atoms with Crippen molar-refractivity contribution in [2.45, 2.75) is 26.3 Å². The molecule has 5 N–H and O–H groups in total. The third-order valence-corrected chi connectivity index (χ3v) is 5.04. The van der Waals surface area contributed by atoms with Crippen LogP contribution in [-0.2, 0) is 0 Å². The van der Waals surface area contributed by atoms with Gasteiger partial charge in [0.05, 0.1) is 11.8 Å². The number of nitrogens with one attached hydrogen (secondary N) is 2. The van der Waals surface area contributed by atoms with Gasteiger partial charge in [-0.3, -0.25) is 9.79 Å². The molecule has 0 aliphatic rings. The van der Waals surface area contributed by atoms with Crippen LogP contribution in [0.5, 0.6) is 5.75 Å². The molecule has 8 nitrogen and oxygen atoms in total. The summed E-state index contributed by atoms with van der Waals surface area (Å²) < 4.78 is 8.71. The fraction of sp³-hybridized carbons (Fsp3) is 0.316. The zero-order valence-electron chi connectivity index (χ0n) is 16.7. The van der Waals surface area contributed by atoms with Crippen LogP contribution in [0.2, 0.25) is 0 Å². The summed E-state index contributed by atoms with van der Waals surface area (Å²) in [4.78, 5) is 21.2. The molecule has 1 atom stereocenters. The zero-order chi connectivity index (χ0) is 21.7. The molecule has 0 bridgehead atoms. The standard InChI is InChI=1S/C19H24BrN5O3S/c1-5-12(14-8-10(2)9-28-14)23-18(24-29)17(21)22-13-7-6-11(20)15(16(13)26)19(27)25(3)4/h6-9,12,26,29H,5H2,1-4H3,(H2,21,22)(H,23,24)/p+1/t12-/m1/s1. The van der Waals surface area contributed by atoms with Crippen molar-refractivity contribution in [2.24, 2.45) is 10.7 Å². The summed E-state index contributed by atoms with van der Waals surface area (Å²) in [6, 6.07) is 4.97. The van der Waals surface area contributed by atoms with Gasteiger partial charge in [-0.1, -0.05) is 6.92 Å². The fourth-order valence-electron chi connectivity index (χ4n) is 2.61. The Labute approximate surface area is 183 Å². The van der Waals surface area contributed by atoms with Crippen molar-refractivity contribution in [3.63, 3.8) is 0 Å². The Morgan fingerprint density at radius 1 is 1.48 bits per heavy atom. The Balaban J connectivity index is 2.44. The van der Waals surface area contributed by atoms with E-state index in [1.165, 1.54) is 4.90 Å². The molecule has 2 aromatic rings. The van der Waals surface area contributed by atoms with Crippen molar-refractivity contribution in [2.75, 3.05) is 14.1 Å². The number of furan rings is 1. The molecule has 0 radical (unpaired) electrons. The van der Waals surface area contributed by atoms with Gasteiger partial charge in [0.2, 0.25) is 5.84 Å². The number of hydrogen-bond acceptors (Lipinski definition) is 5. The Morgan fingerprint density at radius 2 is 2.17 bits per heavy atom. The van der Waals surface area contributed by atoms with Crippen molar-refractivity contribution in [3.8, 4) is 5.75 Å². The molecule has 10 heteroatoms. The first-order valence-corrected chi connectivity index (χ1v) is 10.1. The van der Waals surface area contributed by atoms with E-state index < -0.39 is 0 Å². The van der Waals surface area contributed by atoms with Gasteiger partial charge in [0.25, 0.3) is 5.91 Å². The second-order valence-electron chi connectivity index (χ2n) is 6.61. The van der Waals surface area contributed by atoms with E-state index in [2.05, 4.69) is 43.5 Å². The lowest BCUT2D eigenvalue weighted by Gasteiger charge is -2.14. The van der Waals surface area contributed by atoms with Crippen LogP contribution < -0.4 is 15.4 Å². The maximum Gasteiger partial charge on any atom is 0.322 e. The third-order valence-electron chi connectivity index (χ3n) is 4.16. The van der Waals surface area contributed by atoms with Crippen LogP contribution >= 0.6 is 28.7 Å². The lowest BCUT2D eigenvalue weighted by Crippen LogP contribution is -2.79. The second-order valence-corrected chi connectivity index (χ2v) is 7.68. The van der Waals surface area contributed by atoms with E-state index in [4.69, 9.17) is 10.2 Å². The quantitative estimate of drug-likeness (QED) is 0.253. The normalized spacial score (nSPS) is 13.3. The van der Waals surface area contributed by atoms with E-state index in [1.807, 2.05) is 19.9 Å². The lowest BCUT2D eigenvalue weighted by atomic mass is 10.1. The Hall–Kier alpha value is -2.46. The van der Waals surface area contributed by atoms with Gasteiger partial charge in [-0.15, -0.1) is 0 Å². The van der Waals surface area contributed by atoms with Crippen LogP contribution in [0.4, 0.5) is 5.69 Å². The highest BCUT2D eigenvalue weighted by molar-refractivity contribution is 9.10. The number of aliphatic imine (C=N–C) groups is 1. The van der Waals surface area contributed by atoms with Crippen LogP contribution in [0.25, 0.3) is 0 Å². The molecular formula is C19H25BrN5O3S+. The maximum atomic E-state index is 12.4. The summed E-state index contributed by atoms with van der Waals surface area (Å²) >= 11 is 7.39. The minimum Gasteiger partial charge on any atom is -0.505 e. The number of rotatable bonds is 5. The number of carbonyl (C=O) groups is 1. The average Bonchev–Trinajstić information content (AvgIpc) is 3.11. The molecule has 0 unspecified atom stereocenters. The van der Waals surface area contributed by atoms with Crippen molar-refractivity contribution in [3.05, 3.63) is 45.8 Å². The monoisotopic (exact) mass is 482 g/mol. The van der Waals surface area contributed by atoms with E-state index in [-0.39, 0.29) is 34.8 Å². The molecular weight excluding hydrogens is 458 g/mol. The fourth-order valence-corrected chi connectivity index (χ4v) is 3.28. The van der Waals surface area contributed by atoms with Gasteiger partial charge in [-0.2, -0.15) is 0 Å². The largest absolute Gasteiger partial charge is 0.505 e. The highest BCUT2D eigenvalue weighted by atomic mass is 79.9. The molecule has 29 heavy (non-hydrogen) atoms. The highest BCUT2D eigenvalue weighted by Crippen LogP contribution is 2.36. The van der Waals surface area contributed by atoms with E-state index >= 15 is 0 Å². The molecule has 2 rings (SSSR count). The number of phenols is 1. The van der Waals surface area contributed by atoms with E-state index in [1.54, 1.807) is 32.5 Å². The molecule has 0 spiro atoms. The van der Waals surface area contributed by atoms with Crippen molar-refractivity contribution >= 4 is 52.0 Å². The summed E-state index contributed by atoms with van der Waals surface area (Å²) in [7, 11) is 3.20. The number of benzene rings is 1. The van der Waals surface area contributed by atoms with Crippen molar-refractivity contribution in [1.82, 2.24) is 9.62 Å². The number of thiol groups is 1. The number of carbonyl (C=O) groups excluding carboxylic acids is 1. The molecule has 0 saturated heterocycles. The lowest BCUT2D eigenvalue weighted by molar-refractivity contribution is -0.513. The van der Waals surface area contributed by atoms with Gasteiger partial charge in [0.15, 0.2) is 11.8 Å². The maximum absolute atomic E-state index is 12.4. The van der Waals surface area contributed by atoms with Gasteiger partial charge >= 0.3 is 5.84 Å². The van der Waals surface area contributed by atoms with Crippen molar-refractivity contribution in [1.29, 1.82) is 0 Å². The van der Waals surface area contributed by atoms with E-state index in [0.717, 1.165) is 17.7 Å². The number of amides is 1. The van der Waals surface area contributed by atoms with Gasteiger partial charge in [-0.25, -0.2) is 9.71 Å². The van der Waals surface area contributed by atoms with Crippen LogP contribution in [0, 0.1) is 6.92 Å². The number of hydrogen-bond donors (Lipinski definition) is 5.